The van der Waals surface area contributed by atoms with Gasteiger partial charge in [-0.25, -0.2) is 0 Å². The summed E-state index contributed by atoms with van der Waals surface area (Å²) in [4.78, 5) is 21.5. The van der Waals surface area contributed by atoms with Crippen LogP contribution in [0.1, 0.15) is 17.2 Å². The monoisotopic (exact) mass is 225 g/mol. The van der Waals surface area contributed by atoms with Gasteiger partial charge in [0.05, 0.1) is 0 Å². The third-order valence-corrected chi connectivity index (χ3v) is 2.99. The van der Waals surface area contributed by atoms with Gasteiger partial charge in [0, 0.05) is 10.5 Å². The normalized spacial score (nSPS) is 23.5. The average Bonchev–Trinajstić information content (AvgIpc) is 2.56. The Labute approximate surface area is 91.0 Å². The number of hydrogen-bond donors (Lipinski definition) is 0. The molecule has 2 atom stereocenters. The second-order valence-corrected chi connectivity index (χ2v) is 3.92. The van der Waals surface area contributed by atoms with Crippen LogP contribution in [0.4, 0.5) is 0 Å². The number of rotatable bonds is 2. The molecule has 15 heavy (non-hydrogen) atoms. The highest BCUT2D eigenvalue weighted by Gasteiger charge is 2.44. The van der Waals surface area contributed by atoms with Gasteiger partial charge < -0.3 is 0 Å². The fraction of sp³-hybridized carbons (Fsp3) is 0.300. The van der Waals surface area contributed by atoms with Gasteiger partial charge in [-0.1, -0.05) is 24.3 Å². The molecule has 0 N–H and O–H groups in total. The van der Waals surface area contributed by atoms with Crippen molar-refractivity contribution in [2.24, 2.45) is 5.92 Å². The third-order valence-electron chi connectivity index (χ3n) is 2.71. The highest BCUT2D eigenvalue weighted by atomic mass is 35.5. The van der Waals surface area contributed by atoms with Crippen LogP contribution in [0.3, 0.4) is 0 Å². The number of fused-ring (bicyclic) bond motifs is 1. The van der Waals surface area contributed by atoms with Crippen molar-refractivity contribution < 1.29 is 9.72 Å². The molecule has 1 aromatic rings. The number of halogens is 1. The van der Waals surface area contributed by atoms with Gasteiger partial charge in [0.1, 0.15) is 5.92 Å². The van der Waals surface area contributed by atoms with E-state index in [1.807, 2.05) is 0 Å². The van der Waals surface area contributed by atoms with Crippen molar-refractivity contribution in [1.29, 1.82) is 0 Å². The summed E-state index contributed by atoms with van der Waals surface area (Å²) >= 11 is 5.37. The molecule has 1 aliphatic rings. The van der Waals surface area contributed by atoms with Crippen molar-refractivity contribution in [3.8, 4) is 0 Å². The average molecular weight is 226 g/mol. The summed E-state index contributed by atoms with van der Waals surface area (Å²) in [5.74, 6) is -0.723. The lowest BCUT2D eigenvalue weighted by Gasteiger charge is -2.08. The maximum atomic E-state index is 11.1. The van der Waals surface area contributed by atoms with Gasteiger partial charge in [-0.2, -0.15) is 0 Å². The molecule has 1 aliphatic carbocycles. The Morgan fingerprint density at radius 2 is 2.13 bits per heavy atom. The first kappa shape index (κ1) is 10.1. The Bertz CT molecular complexity index is 432. The summed E-state index contributed by atoms with van der Waals surface area (Å²) in [5.41, 5.74) is 1.46. The highest BCUT2D eigenvalue weighted by Crippen LogP contribution is 2.39. The van der Waals surface area contributed by atoms with Crippen molar-refractivity contribution in [2.45, 2.75) is 12.5 Å². The van der Waals surface area contributed by atoms with Gasteiger partial charge in [0.25, 0.3) is 0 Å². The van der Waals surface area contributed by atoms with Gasteiger partial charge in [0.15, 0.2) is 0 Å². The minimum atomic E-state index is -0.980. The molecule has 0 aliphatic heterocycles. The van der Waals surface area contributed by atoms with Crippen LogP contribution in [-0.2, 0) is 11.2 Å². The van der Waals surface area contributed by atoms with Gasteiger partial charge >= 0.3 is 0 Å². The van der Waals surface area contributed by atoms with Crippen molar-refractivity contribution in [1.82, 2.24) is 0 Å². The number of hydrogen-bond acceptors (Lipinski definition) is 3. The first-order chi connectivity index (χ1) is 7.11. The van der Waals surface area contributed by atoms with E-state index in [1.165, 1.54) is 0 Å². The highest BCUT2D eigenvalue weighted by molar-refractivity contribution is 6.64. The molecule has 0 amide bonds. The SMILES string of the molecule is O=C(Cl)C1Cc2ccccc2C1[N+](=O)[O-]. The molecule has 5 heteroatoms. The van der Waals surface area contributed by atoms with Gasteiger partial charge in [-0.15, -0.1) is 0 Å². The number of nitrogens with zero attached hydrogens (tertiary/aromatic N) is 1. The Morgan fingerprint density at radius 1 is 1.47 bits per heavy atom. The number of carbonyl (C=O) groups excluding carboxylic acids is 1. The lowest BCUT2D eigenvalue weighted by molar-refractivity contribution is -0.533. The molecular formula is C10H8ClNO3. The largest absolute Gasteiger partial charge is 0.281 e. The Hall–Kier alpha value is -1.42. The van der Waals surface area contributed by atoms with E-state index in [9.17, 15) is 14.9 Å². The molecule has 0 radical (unpaired) electrons. The molecule has 0 fully saturated rings. The summed E-state index contributed by atoms with van der Waals surface area (Å²) in [6.07, 6.45) is 0.365. The second kappa shape index (κ2) is 3.62. The Morgan fingerprint density at radius 3 is 2.73 bits per heavy atom. The van der Waals surface area contributed by atoms with Crippen LogP contribution >= 0.6 is 11.6 Å². The fourth-order valence-electron chi connectivity index (χ4n) is 2.04. The van der Waals surface area contributed by atoms with E-state index in [4.69, 9.17) is 11.6 Å². The molecule has 2 unspecified atom stereocenters. The molecule has 0 saturated heterocycles. The minimum Gasteiger partial charge on any atom is -0.281 e. The van der Waals surface area contributed by atoms with Gasteiger partial charge in [-0.05, 0) is 23.6 Å². The van der Waals surface area contributed by atoms with Crippen molar-refractivity contribution in [3.05, 3.63) is 45.5 Å². The van der Waals surface area contributed by atoms with E-state index in [1.54, 1.807) is 24.3 Å². The number of carbonyl (C=O) groups is 1. The lowest BCUT2D eigenvalue weighted by atomic mass is 10.0. The maximum Gasteiger partial charge on any atom is 0.249 e. The first-order valence-electron chi connectivity index (χ1n) is 4.52. The number of benzene rings is 1. The summed E-state index contributed by atoms with van der Waals surface area (Å²) in [6, 6.07) is 6.04. The molecule has 0 heterocycles. The topological polar surface area (TPSA) is 60.2 Å². The van der Waals surface area contributed by atoms with Crippen LogP contribution in [0.15, 0.2) is 24.3 Å². The summed E-state index contributed by atoms with van der Waals surface area (Å²) in [5, 5.41) is 10.2. The predicted molar refractivity (Wildman–Crippen MR) is 54.2 cm³/mol. The molecule has 0 saturated carbocycles. The molecule has 1 aromatic carbocycles. The minimum absolute atomic E-state index is 0.365. The predicted octanol–water partition coefficient (Wildman–Crippen LogP) is 1.94. The molecular weight excluding hydrogens is 218 g/mol. The zero-order chi connectivity index (χ0) is 11.0. The van der Waals surface area contributed by atoms with Crippen LogP contribution < -0.4 is 0 Å². The molecule has 4 nitrogen and oxygen atoms in total. The van der Waals surface area contributed by atoms with Crippen molar-refractivity contribution >= 4 is 16.8 Å². The zero-order valence-electron chi connectivity index (χ0n) is 7.72. The van der Waals surface area contributed by atoms with Crippen LogP contribution in [0.25, 0.3) is 0 Å². The molecule has 0 bridgehead atoms. The van der Waals surface area contributed by atoms with E-state index >= 15 is 0 Å². The van der Waals surface area contributed by atoms with Gasteiger partial charge in [0.2, 0.25) is 11.3 Å². The Kier molecular flexibility index (Phi) is 2.44. The molecule has 0 spiro atoms. The van der Waals surface area contributed by atoms with Gasteiger partial charge in [-0.3, -0.25) is 14.9 Å². The van der Waals surface area contributed by atoms with Crippen LogP contribution in [0.2, 0.25) is 0 Å². The van der Waals surface area contributed by atoms with E-state index in [-0.39, 0.29) is 0 Å². The first-order valence-corrected chi connectivity index (χ1v) is 4.89. The fourth-order valence-corrected chi connectivity index (χ4v) is 2.24. The third kappa shape index (κ3) is 1.61. The number of nitro groups is 1. The molecule has 0 aromatic heterocycles. The summed E-state index contributed by atoms with van der Waals surface area (Å²) in [6.45, 7) is 0. The van der Waals surface area contributed by atoms with Crippen molar-refractivity contribution in [3.63, 3.8) is 0 Å². The van der Waals surface area contributed by atoms with Crippen LogP contribution in [-0.4, -0.2) is 10.2 Å². The molecule has 2 rings (SSSR count). The summed E-state index contributed by atoms with van der Waals surface area (Å²) < 4.78 is 0. The Balaban J connectivity index is 2.46. The smallest absolute Gasteiger partial charge is 0.249 e. The standard InChI is InChI=1S/C10H8ClNO3/c11-10(13)8-5-6-3-1-2-4-7(6)9(8)12(14)15/h1-4,8-9H,5H2. The molecule has 78 valence electrons. The maximum absolute atomic E-state index is 11.1. The van der Waals surface area contributed by atoms with Crippen LogP contribution in [0, 0.1) is 16.0 Å². The quantitative estimate of drug-likeness (QED) is 0.439. The van der Waals surface area contributed by atoms with Crippen LogP contribution in [0.5, 0.6) is 0 Å². The van der Waals surface area contributed by atoms with E-state index in [2.05, 4.69) is 0 Å². The zero-order valence-corrected chi connectivity index (χ0v) is 8.48. The van der Waals surface area contributed by atoms with E-state index < -0.39 is 22.1 Å². The van der Waals surface area contributed by atoms with E-state index in [0.29, 0.717) is 12.0 Å². The lowest BCUT2D eigenvalue weighted by Crippen LogP contribution is -2.21. The van der Waals surface area contributed by atoms with Crippen molar-refractivity contribution in [2.75, 3.05) is 0 Å². The van der Waals surface area contributed by atoms with E-state index in [0.717, 1.165) is 5.56 Å². The second-order valence-electron chi connectivity index (χ2n) is 3.54. The summed E-state index contributed by atoms with van der Waals surface area (Å²) in [7, 11) is 0.